The molecule has 0 aliphatic heterocycles. The van der Waals surface area contributed by atoms with E-state index in [4.69, 9.17) is 19.5 Å². The Morgan fingerprint density at radius 2 is 1.40 bits per heavy atom. The van der Waals surface area contributed by atoms with Crippen molar-refractivity contribution in [2.75, 3.05) is 26.6 Å². The zero-order valence-electron chi connectivity index (χ0n) is 16.6. The maximum absolute atomic E-state index is 12.4. The van der Waals surface area contributed by atoms with Gasteiger partial charge in [0, 0.05) is 16.8 Å². The van der Waals surface area contributed by atoms with Crippen LogP contribution in [0.5, 0.6) is 17.2 Å². The highest BCUT2D eigenvalue weighted by Gasteiger charge is 2.17. The summed E-state index contributed by atoms with van der Waals surface area (Å²) >= 11 is 0. The van der Waals surface area contributed by atoms with Gasteiger partial charge in [-0.15, -0.1) is 0 Å². The Morgan fingerprint density at radius 3 is 1.87 bits per heavy atom. The van der Waals surface area contributed by atoms with Crippen LogP contribution in [0.15, 0.2) is 36.4 Å². The number of hydrogen-bond acceptors (Lipinski definition) is 7. The summed E-state index contributed by atoms with van der Waals surface area (Å²) in [6, 6.07) is 10.6. The van der Waals surface area contributed by atoms with Gasteiger partial charge in [-0.3, -0.25) is 25.2 Å². The van der Waals surface area contributed by atoms with Gasteiger partial charge in [-0.05, 0) is 36.4 Å². The summed E-state index contributed by atoms with van der Waals surface area (Å²) in [7, 11) is 4.29. The van der Waals surface area contributed by atoms with Crippen molar-refractivity contribution in [2.24, 2.45) is 0 Å². The van der Waals surface area contributed by atoms with Crippen LogP contribution in [0, 0.1) is 11.3 Å². The summed E-state index contributed by atoms with van der Waals surface area (Å²) < 4.78 is 15.6. The Kier molecular flexibility index (Phi) is 7.59. The topological polar surface area (TPSA) is 139 Å². The fourth-order valence-corrected chi connectivity index (χ4v) is 2.45. The molecule has 0 atom stereocenters. The number of rotatable bonds is 7. The highest BCUT2D eigenvalue weighted by atomic mass is 16.5. The molecule has 30 heavy (non-hydrogen) atoms. The third-order valence-corrected chi connectivity index (χ3v) is 3.89. The van der Waals surface area contributed by atoms with E-state index in [9.17, 15) is 14.4 Å². The van der Waals surface area contributed by atoms with Crippen molar-refractivity contribution in [1.29, 1.82) is 5.26 Å². The molecule has 2 aromatic carbocycles. The second-order valence-corrected chi connectivity index (χ2v) is 5.78. The Hall–Kier alpha value is -4.26. The van der Waals surface area contributed by atoms with Crippen LogP contribution in [0.2, 0.25) is 0 Å². The van der Waals surface area contributed by atoms with E-state index in [-0.39, 0.29) is 17.5 Å². The summed E-state index contributed by atoms with van der Waals surface area (Å²) in [6.45, 7) is 0. The van der Waals surface area contributed by atoms with Crippen LogP contribution in [0.1, 0.15) is 27.1 Å². The number of nitrogens with one attached hydrogen (secondary N) is 3. The van der Waals surface area contributed by atoms with Crippen molar-refractivity contribution in [1.82, 2.24) is 10.9 Å². The van der Waals surface area contributed by atoms with Crippen LogP contribution < -0.4 is 30.4 Å². The highest BCUT2D eigenvalue weighted by Crippen LogP contribution is 2.38. The second kappa shape index (κ2) is 10.3. The van der Waals surface area contributed by atoms with E-state index in [1.807, 2.05) is 0 Å². The Bertz CT molecular complexity index is 957. The van der Waals surface area contributed by atoms with E-state index < -0.39 is 17.7 Å². The largest absolute Gasteiger partial charge is 0.493 e. The van der Waals surface area contributed by atoms with Crippen molar-refractivity contribution < 1.29 is 28.6 Å². The average Bonchev–Trinajstić information content (AvgIpc) is 2.76. The molecule has 0 spiro atoms. The minimum absolute atomic E-state index is 0.181. The zero-order valence-corrected chi connectivity index (χ0v) is 16.6. The van der Waals surface area contributed by atoms with Gasteiger partial charge in [0.25, 0.3) is 11.8 Å². The molecule has 156 valence electrons. The van der Waals surface area contributed by atoms with Gasteiger partial charge in [0.15, 0.2) is 11.5 Å². The normalized spacial score (nSPS) is 9.67. The van der Waals surface area contributed by atoms with Gasteiger partial charge in [-0.1, -0.05) is 0 Å². The maximum Gasteiger partial charge on any atom is 0.269 e. The summed E-state index contributed by atoms with van der Waals surface area (Å²) in [5.74, 6) is -0.687. The first kappa shape index (κ1) is 22.0. The number of ether oxygens (including phenoxy) is 3. The molecule has 2 aromatic rings. The van der Waals surface area contributed by atoms with E-state index in [1.165, 1.54) is 57.7 Å². The standard InChI is InChI=1S/C20H20N4O6/c1-28-15-10-13(11-16(29-2)18(15)30-3)20(27)24-23-19(26)12-4-6-14(7-5-12)22-17(25)8-9-21/h4-7,10-11H,8H2,1-3H3,(H,22,25)(H,23,26)(H,24,27). The fraction of sp³-hybridized carbons (Fsp3) is 0.200. The third kappa shape index (κ3) is 5.39. The van der Waals surface area contributed by atoms with Crippen LogP contribution >= 0.6 is 0 Å². The lowest BCUT2D eigenvalue weighted by molar-refractivity contribution is -0.115. The Balaban J connectivity index is 2.03. The predicted octanol–water partition coefficient (Wildman–Crippen LogP) is 1.64. The summed E-state index contributed by atoms with van der Waals surface area (Å²) in [6.07, 6.45) is -0.269. The Labute approximate surface area is 172 Å². The number of hydrazine groups is 1. The first-order chi connectivity index (χ1) is 14.4. The lowest BCUT2D eigenvalue weighted by atomic mass is 10.1. The monoisotopic (exact) mass is 412 g/mol. The molecule has 0 aliphatic carbocycles. The highest BCUT2D eigenvalue weighted by molar-refractivity contribution is 6.00. The van der Waals surface area contributed by atoms with Crippen LogP contribution in [0.25, 0.3) is 0 Å². The number of hydrogen-bond donors (Lipinski definition) is 3. The minimum atomic E-state index is -0.594. The zero-order chi connectivity index (χ0) is 22.1. The van der Waals surface area contributed by atoms with Crippen LogP contribution in [0.3, 0.4) is 0 Å². The molecule has 3 amide bonds. The van der Waals surface area contributed by atoms with Crippen molar-refractivity contribution in [3.63, 3.8) is 0 Å². The molecule has 10 nitrogen and oxygen atoms in total. The molecule has 0 heterocycles. The quantitative estimate of drug-likeness (QED) is 0.588. The first-order valence-corrected chi connectivity index (χ1v) is 8.61. The van der Waals surface area contributed by atoms with Gasteiger partial charge in [0.05, 0.1) is 27.4 Å². The van der Waals surface area contributed by atoms with E-state index >= 15 is 0 Å². The number of carbonyl (C=O) groups excluding carboxylic acids is 3. The molecule has 0 saturated carbocycles. The van der Waals surface area contributed by atoms with Gasteiger partial charge in [0.2, 0.25) is 11.7 Å². The summed E-state index contributed by atoms with van der Waals surface area (Å²) in [4.78, 5) is 36.0. The molecular weight excluding hydrogens is 392 g/mol. The molecule has 2 rings (SSSR count). The molecule has 0 radical (unpaired) electrons. The minimum Gasteiger partial charge on any atom is -0.493 e. The number of methoxy groups -OCH3 is 3. The van der Waals surface area contributed by atoms with Gasteiger partial charge in [0.1, 0.15) is 6.42 Å². The van der Waals surface area contributed by atoms with Crippen LogP contribution in [-0.2, 0) is 4.79 Å². The molecule has 0 aliphatic rings. The molecule has 3 N–H and O–H groups in total. The first-order valence-electron chi connectivity index (χ1n) is 8.61. The predicted molar refractivity (Wildman–Crippen MR) is 106 cm³/mol. The van der Waals surface area contributed by atoms with Gasteiger partial charge >= 0.3 is 0 Å². The van der Waals surface area contributed by atoms with E-state index in [1.54, 1.807) is 6.07 Å². The number of carbonyl (C=O) groups is 3. The molecule has 0 fully saturated rings. The van der Waals surface area contributed by atoms with Crippen molar-refractivity contribution in [3.05, 3.63) is 47.5 Å². The van der Waals surface area contributed by atoms with Gasteiger partial charge in [-0.25, -0.2) is 0 Å². The summed E-state index contributed by atoms with van der Waals surface area (Å²) in [5, 5.41) is 11.0. The molecule has 0 saturated heterocycles. The average molecular weight is 412 g/mol. The third-order valence-electron chi connectivity index (χ3n) is 3.89. The second-order valence-electron chi connectivity index (χ2n) is 5.78. The van der Waals surface area contributed by atoms with Crippen molar-refractivity contribution in [3.8, 4) is 23.3 Å². The Morgan fingerprint density at radius 1 is 0.867 bits per heavy atom. The lowest BCUT2D eigenvalue weighted by Gasteiger charge is -2.14. The van der Waals surface area contributed by atoms with E-state index in [0.29, 0.717) is 22.9 Å². The number of nitrogens with zero attached hydrogens (tertiary/aromatic N) is 1. The lowest BCUT2D eigenvalue weighted by Crippen LogP contribution is -2.41. The fourth-order valence-electron chi connectivity index (χ4n) is 2.45. The molecule has 10 heteroatoms. The number of nitriles is 1. The smallest absolute Gasteiger partial charge is 0.269 e. The van der Waals surface area contributed by atoms with Gasteiger partial charge in [-0.2, -0.15) is 5.26 Å². The molecule has 0 aromatic heterocycles. The molecule has 0 bridgehead atoms. The maximum atomic E-state index is 12.4. The van der Waals surface area contributed by atoms with E-state index in [2.05, 4.69) is 16.2 Å². The van der Waals surface area contributed by atoms with Gasteiger partial charge < -0.3 is 19.5 Å². The van der Waals surface area contributed by atoms with Crippen LogP contribution in [-0.4, -0.2) is 39.1 Å². The van der Waals surface area contributed by atoms with Crippen molar-refractivity contribution in [2.45, 2.75) is 6.42 Å². The molecule has 0 unspecified atom stereocenters. The van der Waals surface area contributed by atoms with Crippen LogP contribution in [0.4, 0.5) is 5.69 Å². The molecular formula is C20H20N4O6. The number of amides is 3. The van der Waals surface area contributed by atoms with Crippen molar-refractivity contribution >= 4 is 23.4 Å². The summed E-state index contributed by atoms with van der Waals surface area (Å²) in [5.41, 5.74) is 5.47. The number of anilines is 1. The SMILES string of the molecule is COc1cc(C(=O)NNC(=O)c2ccc(NC(=O)CC#N)cc2)cc(OC)c1OC. The van der Waals surface area contributed by atoms with E-state index in [0.717, 1.165) is 0 Å². The number of benzene rings is 2.